The number of urea groups is 1. The van der Waals surface area contributed by atoms with Crippen molar-refractivity contribution in [3.8, 4) is 11.5 Å². The fourth-order valence-corrected chi connectivity index (χ4v) is 2.94. The number of para-hydroxylation sites is 2. The zero-order valence-electron chi connectivity index (χ0n) is 15.3. The van der Waals surface area contributed by atoms with Crippen molar-refractivity contribution in [1.82, 2.24) is 10.2 Å². The summed E-state index contributed by atoms with van der Waals surface area (Å²) < 4.78 is 17.0. The fraction of sp³-hybridized carbons (Fsp3) is 0.450. The van der Waals surface area contributed by atoms with Gasteiger partial charge in [-0.25, -0.2) is 4.79 Å². The number of benzene rings is 1. The Labute approximate surface area is 154 Å². The fourth-order valence-electron chi connectivity index (χ4n) is 2.94. The predicted octanol–water partition coefficient (Wildman–Crippen LogP) is 3.47. The van der Waals surface area contributed by atoms with Gasteiger partial charge in [-0.1, -0.05) is 12.1 Å². The molecule has 0 saturated carbocycles. The summed E-state index contributed by atoms with van der Waals surface area (Å²) in [6.45, 7) is 5.50. The number of aryl methyl sites for hydroxylation is 1. The molecule has 0 fully saturated rings. The first-order valence-electron chi connectivity index (χ1n) is 9.12. The average molecular weight is 358 g/mol. The van der Waals surface area contributed by atoms with Crippen molar-refractivity contribution in [3.05, 3.63) is 48.4 Å². The molecule has 1 aliphatic heterocycles. The molecular weight excluding hydrogens is 332 g/mol. The van der Waals surface area contributed by atoms with E-state index in [0.717, 1.165) is 30.1 Å². The Bertz CT molecular complexity index is 702. The molecule has 1 aromatic carbocycles. The lowest BCUT2D eigenvalue weighted by molar-refractivity contribution is 0.0672. The molecule has 26 heavy (non-hydrogen) atoms. The van der Waals surface area contributed by atoms with Gasteiger partial charge in [-0.15, -0.1) is 0 Å². The Morgan fingerprint density at radius 2 is 2.08 bits per heavy atom. The molecule has 0 bridgehead atoms. The van der Waals surface area contributed by atoms with Crippen LogP contribution in [0.5, 0.6) is 11.5 Å². The second-order valence-corrected chi connectivity index (χ2v) is 6.50. The number of carbonyl (C=O) groups excluding carboxylic acids is 1. The molecule has 2 amide bonds. The molecule has 2 aromatic rings. The highest BCUT2D eigenvalue weighted by atomic mass is 16.6. The summed E-state index contributed by atoms with van der Waals surface area (Å²) in [5.74, 6) is 2.42. The number of amides is 2. The number of nitrogens with one attached hydrogen (secondary N) is 1. The lowest BCUT2D eigenvalue weighted by atomic mass is 10.1. The second-order valence-electron chi connectivity index (χ2n) is 6.50. The van der Waals surface area contributed by atoms with E-state index in [0.29, 0.717) is 19.7 Å². The molecule has 6 nitrogen and oxygen atoms in total. The highest BCUT2D eigenvalue weighted by Gasteiger charge is 2.25. The van der Waals surface area contributed by atoms with E-state index in [1.54, 1.807) is 11.2 Å². The molecule has 140 valence electrons. The molecular formula is C20H26N2O4. The Hall–Kier alpha value is -2.63. The largest absolute Gasteiger partial charge is 0.486 e. The zero-order valence-corrected chi connectivity index (χ0v) is 15.3. The van der Waals surface area contributed by atoms with E-state index < -0.39 is 0 Å². The van der Waals surface area contributed by atoms with Gasteiger partial charge in [0.25, 0.3) is 0 Å². The zero-order chi connectivity index (χ0) is 18.4. The third kappa shape index (κ3) is 4.71. The van der Waals surface area contributed by atoms with Gasteiger partial charge in [0.1, 0.15) is 12.4 Å². The van der Waals surface area contributed by atoms with E-state index in [-0.39, 0.29) is 18.2 Å². The SMILES string of the molecule is CCN(CC1COc2ccccc2O1)C(=O)NC(C)CCc1ccco1. The van der Waals surface area contributed by atoms with Crippen LogP contribution in [0.1, 0.15) is 26.0 Å². The maximum atomic E-state index is 12.6. The lowest BCUT2D eigenvalue weighted by Crippen LogP contribution is -2.49. The molecule has 1 N–H and O–H groups in total. The topological polar surface area (TPSA) is 63.9 Å². The normalized spacial score (nSPS) is 16.8. The predicted molar refractivity (Wildman–Crippen MR) is 98.6 cm³/mol. The van der Waals surface area contributed by atoms with E-state index in [1.807, 2.05) is 50.2 Å². The van der Waals surface area contributed by atoms with Crippen molar-refractivity contribution in [2.24, 2.45) is 0 Å². The lowest BCUT2D eigenvalue weighted by Gasteiger charge is -2.31. The first-order chi connectivity index (χ1) is 12.7. The monoisotopic (exact) mass is 358 g/mol. The van der Waals surface area contributed by atoms with Crippen molar-refractivity contribution in [1.29, 1.82) is 0 Å². The summed E-state index contributed by atoms with van der Waals surface area (Å²) in [5.41, 5.74) is 0. The maximum Gasteiger partial charge on any atom is 0.317 e. The van der Waals surface area contributed by atoms with E-state index in [2.05, 4.69) is 5.32 Å². The maximum absolute atomic E-state index is 12.6. The highest BCUT2D eigenvalue weighted by molar-refractivity contribution is 5.74. The number of hydrogen-bond donors (Lipinski definition) is 1. The summed E-state index contributed by atoms with van der Waals surface area (Å²) in [5, 5.41) is 3.05. The second kappa shape index (κ2) is 8.65. The molecule has 0 aliphatic carbocycles. The third-order valence-corrected chi connectivity index (χ3v) is 4.43. The minimum atomic E-state index is -0.172. The Morgan fingerprint density at radius 3 is 2.81 bits per heavy atom. The van der Waals surface area contributed by atoms with E-state index in [1.165, 1.54) is 0 Å². The van der Waals surface area contributed by atoms with Crippen molar-refractivity contribution in [2.45, 2.75) is 38.8 Å². The molecule has 2 atom stereocenters. The number of rotatable bonds is 7. The molecule has 2 heterocycles. The number of likely N-dealkylation sites (N-methyl/N-ethyl adjacent to an activating group) is 1. The van der Waals surface area contributed by atoms with Crippen LogP contribution in [0.15, 0.2) is 47.1 Å². The van der Waals surface area contributed by atoms with Crippen LogP contribution >= 0.6 is 0 Å². The van der Waals surface area contributed by atoms with Crippen LogP contribution in [0, 0.1) is 0 Å². The van der Waals surface area contributed by atoms with Crippen LogP contribution in [-0.2, 0) is 6.42 Å². The molecule has 0 radical (unpaired) electrons. The van der Waals surface area contributed by atoms with Gasteiger partial charge < -0.3 is 24.1 Å². The first-order valence-corrected chi connectivity index (χ1v) is 9.12. The van der Waals surface area contributed by atoms with Gasteiger partial charge in [0.05, 0.1) is 12.8 Å². The van der Waals surface area contributed by atoms with Crippen LogP contribution in [0.25, 0.3) is 0 Å². The van der Waals surface area contributed by atoms with Crippen molar-refractivity contribution in [3.63, 3.8) is 0 Å². The van der Waals surface area contributed by atoms with Crippen molar-refractivity contribution >= 4 is 6.03 Å². The molecule has 1 aliphatic rings. The Kier molecular flexibility index (Phi) is 6.04. The minimum Gasteiger partial charge on any atom is -0.486 e. The van der Waals surface area contributed by atoms with E-state index in [9.17, 15) is 4.79 Å². The smallest absolute Gasteiger partial charge is 0.317 e. The van der Waals surface area contributed by atoms with Gasteiger partial charge in [0.15, 0.2) is 17.6 Å². The molecule has 0 saturated heterocycles. The summed E-state index contributed by atoms with van der Waals surface area (Å²) in [6.07, 6.45) is 3.13. The van der Waals surface area contributed by atoms with E-state index in [4.69, 9.17) is 13.9 Å². The van der Waals surface area contributed by atoms with Gasteiger partial charge in [-0.2, -0.15) is 0 Å². The van der Waals surface area contributed by atoms with Gasteiger partial charge >= 0.3 is 6.03 Å². The van der Waals surface area contributed by atoms with E-state index >= 15 is 0 Å². The number of furan rings is 1. The molecule has 3 rings (SSSR count). The van der Waals surface area contributed by atoms with Gasteiger partial charge in [0, 0.05) is 19.0 Å². The third-order valence-electron chi connectivity index (χ3n) is 4.43. The van der Waals surface area contributed by atoms with Crippen molar-refractivity contribution < 1.29 is 18.7 Å². The average Bonchev–Trinajstić information content (AvgIpc) is 3.18. The molecule has 6 heteroatoms. The number of carbonyl (C=O) groups is 1. The van der Waals surface area contributed by atoms with Gasteiger partial charge in [-0.05, 0) is 44.5 Å². The minimum absolute atomic E-state index is 0.0610. The Morgan fingerprint density at radius 1 is 1.27 bits per heavy atom. The summed E-state index contributed by atoms with van der Waals surface area (Å²) in [6, 6.07) is 11.4. The summed E-state index contributed by atoms with van der Waals surface area (Å²) in [7, 11) is 0. The standard InChI is InChI=1S/C20H26N2O4/c1-3-22(13-17-14-25-18-8-4-5-9-19(18)26-17)20(23)21-15(2)10-11-16-7-6-12-24-16/h4-9,12,15,17H,3,10-11,13-14H2,1-2H3,(H,21,23). The van der Waals surface area contributed by atoms with Gasteiger partial charge in [0.2, 0.25) is 0 Å². The number of hydrogen-bond acceptors (Lipinski definition) is 4. The van der Waals surface area contributed by atoms with Crippen LogP contribution in [0.2, 0.25) is 0 Å². The van der Waals surface area contributed by atoms with Crippen LogP contribution in [0.4, 0.5) is 4.79 Å². The summed E-state index contributed by atoms with van der Waals surface area (Å²) >= 11 is 0. The number of nitrogens with zero attached hydrogens (tertiary/aromatic N) is 1. The van der Waals surface area contributed by atoms with Crippen LogP contribution < -0.4 is 14.8 Å². The van der Waals surface area contributed by atoms with Crippen LogP contribution in [-0.4, -0.2) is 42.8 Å². The van der Waals surface area contributed by atoms with Gasteiger partial charge in [-0.3, -0.25) is 0 Å². The first kappa shape index (κ1) is 18.2. The molecule has 1 aromatic heterocycles. The summed E-state index contributed by atoms with van der Waals surface area (Å²) in [4.78, 5) is 14.3. The number of fused-ring (bicyclic) bond motifs is 1. The quantitative estimate of drug-likeness (QED) is 0.823. The highest BCUT2D eigenvalue weighted by Crippen LogP contribution is 2.31. The molecule has 2 unspecified atom stereocenters. The van der Waals surface area contributed by atoms with Crippen LogP contribution in [0.3, 0.4) is 0 Å². The Balaban J connectivity index is 1.48. The number of ether oxygens (including phenoxy) is 2. The molecule has 0 spiro atoms. The van der Waals surface area contributed by atoms with Crippen molar-refractivity contribution in [2.75, 3.05) is 19.7 Å².